The van der Waals surface area contributed by atoms with Gasteiger partial charge in [0.15, 0.2) is 11.5 Å². The molecule has 0 bridgehead atoms. The van der Waals surface area contributed by atoms with Crippen molar-refractivity contribution in [3.05, 3.63) is 59.5 Å². The number of nitrogens with zero attached hydrogens (tertiary/aromatic N) is 4. The van der Waals surface area contributed by atoms with Crippen LogP contribution >= 0.6 is 0 Å². The highest BCUT2D eigenvalue weighted by atomic mass is 16.2. The molecule has 168 valence electrons. The zero-order valence-corrected chi connectivity index (χ0v) is 18.2. The van der Waals surface area contributed by atoms with Crippen LogP contribution in [-0.4, -0.2) is 49.3 Å². The summed E-state index contributed by atoms with van der Waals surface area (Å²) >= 11 is 0. The number of Topliss-reactive ketones (excluding diaryl/α,β-unsaturated/α-hetero) is 1. The SMILES string of the molecule is NC(=O)c1nn(CC(=O)N2[C@@H]3C[C@@H]3C[C@H]2C(=O)Cc2cccc(C3CC3)n2)c2ccccc12. The molecule has 6 rings (SSSR count). The minimum atomic E-state index is -0.630. The molecule has 0 unspecified atom stereocenters. The van der Waals surface area contributed by atoms with Crippen molar-refractivity contribution in [2.24, 2.45) is 11.7 Å². The third kappa shape index (κ3) is 3.59. The Morgan fingerprint density at radius 1 is 1.03 bits per heavy atom. The third-order valence-corrected chi connectivity index (χ3v) is 7.12. The number of piperidine rings is 1. The third-order valence-electron chi connectivity index (χ3n) is 7.12. The summed E-state index contributed by atoms with van der Waals surface area (Å²) in [6.07, 6.45) is 4.22. The number of hydrogen-bond donors (Lipinski definition) is 1. The van der Waals surface area contributed by atoms with Gasteiger partial charge in [-0.3, -0.25) is 24.0 Å². The second kappa shape index (κ2) is 7.50. The Hall–Kier alpha value is -3.55. The van der Waals surface area contributed by atoms with E-state index in [1.807, 2.05) is 30.3 Å². The first-order chi connectivity index (χ1) is 16.0. The van der Waals surface area contributed by atoms with Gasteiger partial charge in [-0.25, -0.2) is 0 Å². The Kier molecular flexibility index (Phi) is 4.57. The molecule has 2 saturated carbocycles. The number of para-hydroxylation sites is 1. The summed E-state index contributed by atoms with van der Waals surface area (Å²) in [7, 11) is 0. The van der Waals surface area contributed by atoms with Gasteiger partial charge in [-0.05, 0) is 49.8 Å². The van der Waals surface area contributed by atoms with E-state index in [2.05, 4.69) is 10.1 Å². The molecule has 1 aliphatic heterocycles. The number of primary amides is 1. The monoisotopic (exact) mass is 443 g/mol. The van der Waals surface area contributed by atoms with Crippen LogP contribution in [0.1, 0.15) is 53.5 Å². The van der Waals surface area contributed by atoms with E-state index in [1.165, 1.54) is 4.68 Å². The fourth-order valence-corrected chi connectivity index (χ4v) is 5.24. The molecule has 3 heterocycles. The average molecular weight is 444 g/mol. The molecule has 3 aliphatic rings. The van der Waals surface area contributed by atoms with Crippen molar-refractivity contribution in [3.63, 3.8) is 0 Å². The van der Waals surface area contributed by atoms with E-state index in [0.29, 0.717) is 29.2 Å². The van der Waals surface area contributed by atoms with Crippen LogP contribution in [0.2, 0.25) is 0 Å². The first-order valence-electron chi connectivity index (χ1n) is 11.5. The summed E-state index contributed by atoms with van der Waals surface area (Å²) < 4.78 is 1.52. The predicted octanol–water partition coefficient (Wildman–Crippen LogP) is 2.21. The van der Waals surface area contributed by atoms with Gasteiger partial charge in [0.2, 0.25) is 5.91 Å². The number of ketones is 1. The normalized spacial score (nSPS) is 23.5. The molecule has 1 aromatic carbocycles. The van der Waals surface area contributed by atoms with Crippen molar-refractivity contribution in [1.29, 1.82) is 0 Å². The Labute approximate surface area is 190 Å². The van der Waals surface area contributed by atoms with Crippen LogP contribution in [0.5, 0.6) is 0 Å². The average Bonchev–Trinajstić information content (AvgIpc) is 3.73. The van der Waals surface area contributed by atoms with Crippen LogP contribution in [0.15, 0.2) is 42.5 Å². The van der Waals surface area contributed by atoms with E-state index in [1.54, 1.807) is 17.0 Å². The van der Waals surface area contributed by atoms with E-state index >= 15 is 0 Å². The van der Waals surface area contributed by atoms with E-state index < -0.39 is 11.9 Å². The lowest BCUT2D eigenvalue weighted by Gasteiger charge is -2.27. The van der Waals surface area contributed by atoms with Gasteiger partial charge < -0.3 is 10.6 Å². The Bertz CT molecular complexity index is 1290. The molecule has 3 atom stereocenters. The summed E-state index contributed by atoms with van der Waals surface area (Å²) in [5.74, 6) is 0.187. The zero-order valence-electron chi connectivity index (χ0n) is 18.2. The number of nitrogens with two attached hydrogens (primary N) is 1. The molecular weight excluding hydrogens is 418 g/mol. The van der Waals surface area contributed by atoms with Crippen molar-refractivity contribution in [1.82, 2.24) is 19.7 Å². The van der Waals surface area contributed by atoms with Gasteiger partial charge in [0, 0.05) is 28.7 Å². The van der Waals surface area contributed by atoms with Crippen molar-refractivity contribution in [2.45, 2.75) is 56.7 Å². The highest BCUT2D eigenvalue weighted by molar-refractivity contribution is 6.04. The summed E-state index contributed by atoms with van der Waals surface area (Å²) in [6, 6.07) is 12.8. The summed E-state index contributed by atoms with van der Waals surface area (Å²) in [5.41, 5.74) is 8.16. The van der Waals surface area contributed by atoms with E-state index in [9.17, 15) is 14.4 Å². The smallest absolute Gasteiger partial charge is 0.269 e. The van der Waals surface area contributed by atoms with Crippen molar-refractivity contribution < 1.29 is 14.4 Å². The number of pyridine rings is 1. The number of rotatable bonds is 7. The summed E-state index contributed by atoms with van der Waals surface area (Å²) in [6.45, 7) is -0.0315. The van der Waals surface area contributed by atoms with E-state index in [4.69, 9.17) is 5.73 Å². The summed E-state index contributed by atoms with van der Waals surface area (Å²) in [5, 5.41) is 4.93. The first-order valence-corrected chi connectivity index (χ1v) is 11.5. The van der Waals surface area contributed by atoms with Crippen molar-refractivity contribution in [2.75, 3.05) is 0 Å². The molecular formula is C25H25N5O3. The Morgan fingerprint density at radius 2 is 1.85 bits per heavy atom. The minimum Gasteiger partial charge on any atom is -0.364 e. The largest absolute Gasteiger partial charge is 0.364 e. The lowest BCUT2D eigenvalue weighted by Crippen LogP contribution is -2.45. The molecule has 3 fully saturated rings. The number of likely N-dealkylation sites (tertiary alicyclic amines) is 1. The standard InChI is InChI=1S/C25H25N5O3/c26-25(33)24-17-5-1-2-7-19(17)29(28-24)13-23(32)30-20-10-15(20)11-21(30)22(31)12-16-4-3-6-18(27-16)14-8-9-14/h1-7,14-15,20-21H,8-13H2,(H2,26,33)/t15-,20-,21+/m1/s1. The molecule has 1 saturated heterocycles. The Morgan fingerprint density at radius 3 is 2.64 bits per heavy atom. The second-order valence-electron chi connectivity index (χ2n) is 9.47. The topological polar surface area (TPSA) is 111 Å². The van der Waals surface area contributed by atoms with Gasteiger partial charge in [-0.15, -0.1) is 0 Å². The maximum atomic E-state index is 13.4. The van der Waals surface area contributed by atoms with Gasteiger partial charge in [0.05, 0.1) is 18.0 Å². The van der Waals surface area contributed by atoms with Crippen molar-refractivity contribution >= 4 is 28.5 Å². The minimum absolute atomic E-state index is 0.0315. The fourth-order valence-electron chi connectivity index (χ4n) is 5.24. The first kappa shape index (κ1) is 20.1. The predicted molar refractivity (Wildman–Crippen MR) is 120 cm³/mol. The van der Waals surface area contributed by atoms with Crippen LogP contribution in [0.25, 0.3) is 10.9 Å². The quantitative estimate of drug-likeness (QED) is 0.602. The van der Waals surface area contributed by atoms with Crippen molar-refractivity contribution in [3.8, 4) is 0 Å². The van der Waals surface area contributed by atoms with Crippen LogP contribution < -0.4 is 5.73 Å². The zero-order chi connectivity index (χ0) is 22.7. The highest BCUT2D eigenvalue weighted by Crippen LogP contribution is 2.48. The highest BCUT2D eigenvalue weighted by Gasteiger charge is 2.55. The van der Waals surface area contributed by atoms with Crippen LogP contribution in [-0.2, 0) is 22.6 Å². The molecule has 8 heteroatoms. The molecule has 0 spiro atoms. The molecule has 0 radical (unpaired) electrons. The Balaban J connectivity index is 1.22. The van der Waals surface area contributed by atoms with Gasteiger partial charge in [0.25, 0.3) is 5.91 Å². The molecule has 2 amide bonds. The van der Waals surface area contributed by atoms with Gasteiger partial charge in [0.1, 0.15) is 6.54 Å². The lowest BCUT2D eigenvalue weighted by molar-refractivity contribution is -0.139. The number of carbonyl (C=O) groups excluding carboxylic acids is 3. The maximum Gasteiger partial charge on any atom is 0.269 e. The molecule has 2 N–H and O–H groups in total. The van der Waals surface area contributed by atoms with Crippen LogP contribution in [0, 0.1) is 5.92 Å². The van der Waals surface area contributed by atoms with Gasteiger partial charge in [-0.1, -0.05) is 24.3 Å². The molecule has 8 nitrogen and oxygen atoms in total. The lowest BCUT2D eigenvalue weighted by atomic mass is 10.0. The van der Waals surface area contributed by atoms with E-state index in [-0.39, 0.29) is 36.4 Å². The number of amides is 2. The number of benzene rings is 1. The number of carbonyl (C=O) groups is 3. The molecule has 3 aromatic rings. The van der Waals surface area contributed by atoms with Gasteiger partial charge in [-0.2, -0.15) is 5.10 Å². The maximum absolute atomic E-state index is 13.4. The van der Waals surface area contributed by atoms with E-state index in [0.717, 1.165) is 30.7 Å². The van der Waals surface area contributed by atoms with Gasteiger partial charge >= 0.3 is 0 Å². The number of aromatic nitrogens is 3. The molecule has 33 heavy (non-hydrogen) atoms. The van der Waals surface area contributed by atoms with Crippen LogP contribution in [0.4, 0.5) is 0 Å². The summed E-state index contributed by atoms with van der Waals surface area (Å²) in [4.78, 5) is 44.9. The fraction of sp³-hybridized carbons (Fsp3) is 0.400. The number of fused-ring (bicyclic) bond motifs is 2. The second-order valence-corrected chi connectivity index (χ2v) is 9.47. The number of hydrogen-bond acceptors (Lipinski definition) is 5. The van der Waals surface area contributed by atoms with Crippen LogP contribution in [0.3, 0.4) is 0 Å². The molecule has 2 aliphatic carbocycles. The molecule has 2 aromatic heterocycles.